The van der Waals surface area contributed by atoms with Crippen molar-refractivity contribution in [3.63, 3.8) is 0 Å². The van der Waals surface area contributed by atoms with Crippen LogP contribution in [0.1, 0.15) is 50.1 Å². The van der Waals surface area contributed by atoms with E-state index in [1.807, 2.05) is 30.3 Å². The molecule has 1 aromatic rings. The van der Waals surface area contributed by atoms with Crippen LogP contribution in [0.3, 0.4) is 0 Å². The molecule has 3 N–H and O–H groups in total. The Morgan fingerprint density at radius 2 is 1.78 bits per heavy atom. The van der Waals surface area contributed by atoms with Crippen LogP contribution >= 0.6 is 0 Å². The van der Waals surface area contributed by atoms with Crippen molar-refractivity contribution in [1.82, 2.24) is 10.2 Å². The second-order valence-electron chi connectivity index (χ2n) is 7.05. The first-order valence-corrected chi connectivity index (χ1v) is 9.06. The van der Waals surface area contributed by atoms with Gasteiger partial charge in [-0.15, -0.1) is 0 Å². The lowest BCUT2D eigenvalue weighted by molar-refractivity contribution is -0.122. The van der Waals surface area contributed by atoms with E-state index in [9.17, 15) is 4.79 Å². The van der Waals surface area contributed by atoms with E-state index in [0.717, 1.165) is 18.2 Å². The summed E-state index contributed by atoms with van der Waals surface area (Å²) in [5, 5.41) is 3.05. The van der Waals surface area contributed by atoms with Crippen molar-refractivity contribution < 1.29 is 4.79 Å². The van der Waals surface area contributed by atoms with Crippen LogP contribution in [0.5, 0.6) is 0 Å². The summed E-state index contributed by atoms with van der Waals surface area (Å²) in [6, 6.07) is 9.86. The summed E-state index contributed by atoms with van der Waals surface area (Å²) in [7, 11) is 0. The molecule has 23 heavy (non-hydrogen) atoms. The van der Waals surface area contributed by atoms with Crippen molar-refractivity contribution in [3.8, 4) is 0 Å². The van der Waals surface area contributed by atoms with Gasteiger partial charge in [-0.05, 0) is 50.3 Å². The Labute approximate surface area is 139 Å². The second kappa shape index (κ2) is 7.93. The summed E-state index contributed by atoms with van der Waals surface area (Å²) < 4.78 is 0. The van der Waals surface area contributed by atoms with E-state index in [4.69, 9.17) is 5.73 Å². The maximum absolute atomic E-state index is 12.2. The third-order valence-corrected chi connectivity index (χ3v) is 5.50. The molecule has 0 aromatic heterocycles. The van der Waals surface area contributed by atoms with Gasteiger partial charge in [0.25, 0.3) is 0 Å². The Kier molecular flexibility index (Phi) is 5.68. The Hall–Kier alpha value is -1.39. The molecule has 1 aliphatic heterocycles. The van der Waals surface area contributed by atoms with Gasteiger partial charge in [0.2, 0.25) is 5.91 Å². The lowest BCUT2D eigenvalue weighted by atomic mass is 9.95. The van der Waals surface area contributed by atoms with Gasteiger partial charge in [-0.3, -0.25) is 4.79 Å². The monoisotopic (exact) mass is 315 g/mol. The van der Waals surface area contributed by atoms with Crippen LogP contribution < -0.4 is 11.1 Å². The zero-order valence-corrected chi connectivity index (χ0v) is 13.9. The molecule has 1 saturated carbocycles. The number of hydrogen-bond donors (Lipinski definition) is 2. The van der Waals surface area contributed by atoms with Crippen molar-refractivity contribution in [2.75, 3.05) is 19.6 Å². The molecule has 0 radical (unpaired) electrons. The summed E-state index contributed by atoms with van der Waals surface area (Å²) in [5.74, 6) is 0.536. The molecule has 1 saturated heterocycles. The molecule has 4 nitrogen and oxygen atoms in total. The normalized spacial score (nSPS) is 22.1. The number of nitrogens with zero attached hydrogens (tertiary/aromatic N) is 1. The largest absolute Gasteiger partial charge is 0.354 e. The highest BCUT2D eigenvalue weighted by Gasteiger charge is 2.27. The molecule has 1 aliphatic carbocycles. The lowest BCUT2D eigenvalue weighted by Gasteiger charge is -2.36. The molecule has 0 spiro atoms. The zero-order chi connectivity index (χ0) is 16.1. The summed E-state index contributed by atoms with van der Waals surface area (Å²) in [5.41, 5.74) is 6.91. The molecule has 1 amide bonds. The Morgan fingerprint density at radius 1 is 1.13 bits per heavy atom. The van der Waals surface area contributed by atoms with Crippen LogP contribution in [-0.2, 0) is 4.79 Å². The van der Waals surface area contributed by atoms with E-state index >= 15 is 0 Å². The molecule has 2 fully saturated rings. The lowest BCUT2D eigenvalue weighted by Crippen LogP contribution is -2.43. The van der Waals surface area contributed by atoms with Crippen LogP contribution in [0.2, 0.25) is 0 Å². The number of amides is 1. The average Bonchev–Trinajstić information content (AvgIpc) is 3.15. The third-order valence-electron chi connectivity index (χ3n) is 5.50. The second-order valence-corrected chi connectivity index (χ2v) is 7.05. The Balaban J connectivity index is 1.40. The standard InChI is InChI=1S/C19H29N3O/c20-18(16-6-2-1-3-7-16)19(23)21-14-15-10-12-22(13-11-15)17-8-4-5-9-17/h1-3,6-7,15,17-18H,4-5,8-14,20H2,(H,21,23)/t18-/m1/s1. The molecule has 1 heterocycles. The highest BCUT2D eigenvalue weighted by molar-refractivity contribution is 5.82. The average molecular weight is 315 g/mol. The van der Waals surface area contributed by atoms with E-state index in [0.29, 0.717) is 5.92 Å². The first kappa shape index (κ1) is 16.5. The van der Waals surface area contributed by atoms with Crippen LogP contribution in [0.25, 0.3) is 0 Å². The molecule has 0 unspecified atom stereocenters. The molecule has 126 valence electrons. The van der Waals surface area contributed by atoms with E-state index < -0.39 is 6.04 Å². The maximum atomic E-state index is 12.2. The van der Waals surface area contributed by atoms with E-state index in [-0.39, 0.29) is 5.91 Å². The number of hydrogen-bond acceptors (Lipinski definition) is 3. The fourth-order valence-electron chi connectivity index (χ4n) is 3.96. The molecular formula is C19H29N3O. The minimum atomic E-state index is -0.560. The van der Waals surface area contributed by atoms with Crippen molar-refractivity contribution in [2.45, 2.75) is 50.6 Å². The van der Waals surface area contributed by atoms with Crippen molar-refractivity contribution in [2.24, 2.45) is 11.7 Å². The minimum absolute atomic E-state index is 0.0607. The predicted octanol–water partition coefficient (Wildman–Crippen LogP) is 2.46. The first-order valence-electron chi connectivity index (χ1n) is 9.06. The Morgan fingerprint density at radius 3 is 2.43 bits per heavy atom. The van der Waals surface area contributed by atoms with Crippen LogP contribution in [0.15, 0.2) is 30.3 Å². The molecule has 2 aliphatic rings. The SMILES string of the molecule is N[C@@H](C(=O)NCC1CCN(C2CCCC2)CC1)c1ccccc1. The summed E-state index contributed by atoms with van der Waals surface area (Å²) in [6.45, 7) is 3.14. The minimum Gasteiger partial charge on any atom is -0.354 e. The van der Waals surface area contributed by atoms with E-state index in [1.165, 1.54) is 51.6 Å². The number of benzene rings is 1. The quantitative estimate of drug-likeness (QED) is 0.877. The van der Waals surface area contributed by atoms with Gasteiger partial charge in [-0.1, -0.05) is 43.2 Å². The van der Waals surface area contributed by atoms with Crippen molar-refractivity contribution in [3.05, 3.63) is 35.9 Å². The number of carbonyl (C=O) groups excluding carboxylic acids is 1. The van der Waals surface area contributed by atoms with Gasteiger partial charge in [0, 0.05) is 12.6 Å². The predicted molar refractivity (Wildman–Crippen MR) is 92.9 cm³/mol. The number of rotatable bonds is 5. The molecule has 1 atom stereocenters. The molecule has 4 heteroatoms. The van der Waals surface area contributed by atoms with Crippen LogP contribution in [-0.4, -0.2) is 36.5 Å². The number of nitrogens with one attached hydrogen (secondary N) is 1. The van der Waals surface area contributed by atoms with Gasteiger partial charge in [0.05, 0.1) is 0 Å². The van der Waals surface area contributed by atoms with Crippen LogP contribution in [0, 0.1) is 5.92 Å². The number of likely N-dealkylation sites (tertiary alicyclic amines) is 1. The third kappa shape index (κ3) is 4.33. The molecule has 1 aromatic carbocycles. The number of piperidine rings is 1. The highest BCUT2D eigenvalue weighted by atomic mass is 16.2. The smallest absolute Gasteiger partial charge is 0.241 e. The molecule has 0 bridgehead atoms. The van der Waals surface area contributed by atoms with Crippen LogP contribution in [0.4, 0.5) is 0 Å². The fourth-order valence-corrected chi connectivity index (χ4v) is 3.96. The van der Waals surface area contributed by atoms with E-state index in [2.05, 4.69) is 10.2 Å². The summed E-state index contributed by atoms with van der Waals surface area (Å²) >= 11 is 0. The van der Waals surface area contributed by atoms with Gasteiger partial charge in [0.15, 0.2) is 0 Å². The van der Waals surface area contributed by atoms with Gasteiger partial charge in [0.1, 0.15) is 6.04 Å². The van der Waals surface area contributed by atoms with Gasteiger partial charge in [-0.2, -0.15) is 0 Å². The van der Waals surface area contributed by atoms with Crippen molar-refractivity contribution >= 4 is 5.91 Å². The van der Waals surface area contributed by atoms with Crippen molar-refractivity contribution in [1.29, 1.82) is 0 Å². The topological polar surface area (TPSA) is 58.4 Å². The van der Waals surface area contributed by atoms with E-state index in [1.54, 1.807) is 0 Å². The highest BCUT2D eigenvalue weighted by Crippen LogP contribution is 2.27. The fraction of sp³-hybridized carbons (Fsp3) is 0.632. The Bertz CT molecular complexity index is 491. The number of carbonyl (C=O) groups is 1. The summed E-state index contributed by atoms with van der Waals surface area (Å²) in [6.07, 6.45) is 7.95. The number of nitrogens with two attached hydrogens (primary N) is 1. The van der Waals surface area contributed by atoms with Gasteiger partial charge in [-0.25, -0.2) is 0 Å². The maximum Gasteiger partial charge on any atom is 0.241 e. The first-order chi connectivity index (χ1) is 11.2. The molecule has 3 rings (SSSR count). The van der Waals surface area contributed by atoms with Gasteiger partial charge >= 0.3 is 0 Å². The molecular weight excluding hydrogens is 286 g/mol. The zero-order valence-electron chi connectivity index (χ0n) is 13.9. The van der Waals surface area contributed by atoms with Gasteiger partial charge < -0.3 is 16.0 Å². The summed E-state index contributed by atoms with van der Waals surface area (Å²) in [4.78, 5) is 14.9.